The number of hydrogen-bond donors (Lipinski definition) is 2. The average Bonchev–Trinajstić information content (AvgIpc) is 2.11. The molecular weight excluding hydrogens is 190 g/mol. The maximum absolute atomic E-state index is 11.9. The van der Waals surface area contributed by atoms with Gasteiger partial charge in [0.1, 0.15) is 5.84 Å². The van der Waals surface area contributed by atoms with Gasteiger partial charge in [0.15, 0.2) is 0 Å². The minimum Gasteiger partial charge on any atom is -0.384 e. The highest BCUT2D eigenvalue weighted by Crippen LogP contribution is 2.02. The zero-order valence-corrected chi connectivity index (χ0v) is 9.37. The molecule has 0 amide bonds. The normalized spacial score (nSPS) is 10.7. The van der Waals surface area contributed by atoms with Crippen LogP contribution in [0.3, 0.4) is 0 Å². The molecule has 0 aliphatic carbocycles. The van der Waals surface area contributed by atoms with Crippen LogP contribution in [0.4, 0.5) is 0 Å². The van der Waals surface area contributed by atoms with Crippen molar-refractivity contribution < 1.29 is 0 Å². The Balaban J connectivity index is 3.31. The van der Waals surface area contributed by atoms with E-state index in [-0.39, 0.29) is 17.0 Å². The monoisotopic (exact) mass is 207 g/mol. The van der Waals surface area contributed by atoms with Crippen molar-refractivity contribution in [2.75, 3.05) is 0 Å². The second kappa shape index (κ2) is 4.29. The fourth-order valence-electron chi connectivity index (χ4n) is 1.47. The van der Waals surface area contributed by atoms with Crippen molar-refractivity contribution in [3.8, 4) is 0 Å². The predicted octanol–water partition coefficient (Wildman–Crippen LogP) is 1.10. The molecule has 0 unspecified atom stereocenters. The first-order valence-corrected chi connectivity index (χ1v) is 4.98. The Morgan fingerprint density at radius 2 is 2.13 bits per heavy atom. The molecule has 0 radical (unpaired) electrons. The third-order valence-corrected chi connectivity index (χ3v) is 2.23. The van der Waals surface area contributed by atoms with Crippen molar-refractivity contribution in [2.45, 2.75) is 27.3 Å². The summed E-state index contributed by atoms with van der Waals surface area (Å²) < 4.78 is 1.67. The van der Waals surface area contributed by atoms with Crippen LogP contribution < -0.4 is 11.3 Å². The summed E-state index contributed by atoms with van der Waals surface area (Å²) >= 11 is 0. The van der Waals surface area contributed by atoms with E-state index in [1.165, 1.54) is 0 Å². The molecule has 0 aliphatic rings. The molecule has 3 N–H and O–H groups in total. The largest absolute Gasteiger partial charge is 0.384 e. The quantitative estimate of drug-likeness (QED) is 0.575. The maximum atomic E-state index is 11.9. The number of nitrogens with one attached hydrogen (secondary N) is 1. The van der Waals surface area contributed by atoms with Crippen LogP contribution in [0.2, 0.25) is 0 Å². The molecule has 0 aliphatic heterocycles. The highest BCUT2D eigenvalue weighted by Gasteiger charge is 2.09. The highest BCUT2D eigenvalue weighted by atomic mass is 16.1. The highest BCUT2D eigenvalue weighted by molar-refractivity contribution is 5.94. The number of pyridine rings is 1. The summed E-state index contributed by atoms with van der Waals surface area (Å²) in [6.45, 7) is 6.64. The van der Waals surface area contributed by atoms with Crippen LogP contribution in [0.5, 0.6) is 0 Å². The first kappa shape index (κ1) is 11.5. The minimum absolute atomic E-state index is 0.169. The summed E-state index contributed by atoms with van der Waals surface area (Å²) in [7, 11) is 0. The van der Waals surface area contributed by atoms with Crippen LogP contribution in [0.1, 0.15) is 25.1 Å². The van der Waals surface area contributed by atoms with E-state index < -0.39 is 0 Å². The average molecular weight is 207 g/mol. The summed E-state index contributed by atoms with van der Waals surface area (Å²) in [5.74, 6) is 0.223. The van der Waals surface area contributed by atoms with Crippen LogP contribution in [0.15, 0.2) is 16.9 Å². The third kappa shape index (κ3) is 2.46. The third-order valence-electron chi connectivity index (χ3n) is 2.23. The Bertz CT molecular complexity index is 432. The van der Waals surface area contributed by atoms with Gasteiger partial charge in [0.05, 0.1) is 5.56 Å². The predicted molar refractivity (Wildman–Crippen MR) is 61.3 cm³/mol. The first-order chi connectivity index (χ1) is 6.93. The van der Waals surface area contributed by atoms with Crippen molar-refractivity contribution in [3.05, 3.63) is 33.7 Å². The molecule has 1 rings (SSSR count). The molecule has 0 fully saturated rings. The topological polar surface area (TPSA) is 71.9 Å². The number of aromatic nitrogens is 1. The SMILES string of the molecule is Cc1ccc(C(=N)N)c(=O)n1CC(C)C. The summed E-state index contributed by atoms with van der Waals surface area (Å²) in [6, 6.07) is 3.43. The Labute approximate surface area is 89.2 Å². The van der Waals surface area contributed by atoms with Crippen molar-refractivity contribution in [1.82, 2.24) is 4.57 Å². The Kier molecular flexibility index (Phi) is 3.29. The van der Waals surface area contributed by atoms with E-state index in [4.69, 9.17) is 11.1 Å². The van der Waals surface area contributed by atoms with Gasteiger partial charge >= 0.3 is 0 Å². The molecule has 15 heavy (non-hydrogen) atoms. The lowest BCUT2D eigenvalue weighted by atomic mass is 10.2. The smallest absolute Gasteiger partial charge is 0.261 e. The van der Waals surface area contributed by atoms with E-state index in [1.54, 1.807) is 10.6 Å². The molecule has 1 aromatic rings. The van der Waals surface area contributed by atoms with Crippen molar-refractivity contribution in [1.29, 1.82) is 5.41 Å². The standard InChI is InChI=1S/C11H17N3O/c1-7(2)6-14-8(3)4-5-9(10(12)13)11(14)15/h4-5,7H,6H2,1-3H3,(H3,12,13). The Morgan fingerprint density at radius 1 is 1.53 bits per heavy atom. The van der Waals surface area contributed by atoms with Gasteiger partial charge in [-0.05, 0) is 25.0 Å². The van der Waals surface area contributed by atoms with Crippen LogP contribution in [0.25, 0.3) is 0 Å². The van der Waals surface area contributed by atoms with Gasteiger partial charge < -0.3 is 10.3 Å². The fourth-order valence-corrected chi connectivity index (χ4v) is 1.47. The number of amidine groups is 1. The van der Waals surface area contributed by atoms with Crippen molar-refractivity contribution in [3.63, 3.8) is 0 Å². The van der Waals surface area contributed by atoms with E-state index in [0.29, 0.717) is 12.5 Å². The summed E-state index contributed by atoms with van der Waals surface area (Å²) in [6.07, 6.45) is 0. The fraction of sp³-hybridized carbons (Fsp3) is 0.455. The lowest BCUT2D eigenvalue weighted by Crippen LogP contribution is -2.31. The second-order valence-electron chi connectivity index (χ2n) is 4.11. The maximum Gasteiger partial charge on any atom is 0.261 e. The number of nitrogens with zero attached hydrogens (tertiary/aromatic N) is 1. The molecule has 0 saturated heterocycles. The number of hydrogen-bond acceptors (Lipinski definition) is 2. The van der Waals surface area contributed by atoms with E-state index in [0.717, 1.165) is 5.69 Å². The first-order valence-electron chi connectivity index (χ1n) is 4.98. The number of rotatable bonds is 3. The molecule has 0 bridgehead atoms. The second-order valence-corrected chi connectivity index (χ2v) is 4.11. The van der Waals surface area contributed by atoms with Gasteiger partial charge in [-0.2, -0.15) is 0 Å². The van der Waals surface area contributed by atoms with Gasteiger partial charge in [0, 0.05) is 12.2 Å². The van der Waals surface area contributed by atoms with Gasteiger partial charge in [0.2, 0.25) is 0 Å². The molecular formula is C11H17N3O. The Hall–Kier alpha value is -1.58. The summed E-state index contributed by atoms with van der Waals surface area (Å²) in [5, 5.41) is 7.29. The molecule has 0 saturated carbocycles. The molecule has 0 spiro atoms. The molecule has 0 aromatic carbocycles. The van der Waals surface area contributed by atoms with E-state index in [9.17, 15) is 4.79 Å². The van der Waals surface area contributed by atoms with Crippen LogP contribution in [0, 0.1) is 18.3 Å². The van der Waals surface area contributed by atoms with Gasteiger partial charge in [0.25, 0.3) is 5.56 Å². The number of nitrogens with two attached hydrogens (primary N) is 1. The molecule has 82 valence electrons. The zero-order chi connectivity index (χ0) is 11.6. The summed E-state index contributed by atoms with van der Waals surface area (Å²) in [5.41, 5.74) is 6.34. The van der Waals surface area contributed by atoms with Crippen molar-refractivity contribution in [2.24, 2.45) is 11.7 Å². The van der Waals surface area contributed by atoms with Gasteiger partial charge in [-0.3, -0.25) is 10.2 Å². The summed E-state index contributed by atoms with van der Waals surface area (Å²) in [4.78, 5) is 11.9. The molecule has 0 atom stereocenters. The van der Waals surface area contributed by atoms with Crippen LogP contribution in [-0.4, -0.2) is 10.4 Å². The minimum atomic E-state index is -0.170. The van der Waals surface area contributed by atoms with E-state index in [2.05, 4.69) is 0 Å². The molecule has 4 nitrogen and oxygen atoms in total. The van der Waals surface area contributed by atoms with Gasteiger partial charge in [-0.1, -0.05) is 13.8 Å². The van der Waals surface area contributed by atoms with Crippen LogP contribution >= 0.6 is 0 Å². The number of nitrogen functional groups attached to an aromatic ring is 1. The van der Waals surface area contributed by atoms with E-state index in [1.807, 2.05) is 26.8 Å². The van der Waals surface area contributed by atoms with Gasteiger partial charge in [-0.25, -0.2) is 0 Å². The molecule has 1 heterocycles. The van der Waals surface area contributed by atoms with Crippen molar-refractivity contribution >= 4 is 5.84 Å². The lowest BCUT2D eigenvalue weighted by molar-refractivity contribution is 0.502. The molecule has 1 aromatic heterocycles. The lowest BCUT2D eigenvalue weighted by Gasteiger charge is -2.13. The van der Waals surface area contributed by atoms with Crippen LogP contribution in [-0.2, 0) is 6.54 Å². The number of aryl methyl sites for hydroxylation is 1. The van der Waals surface area contributed by atoms with E-state index >= 15 is 0 Å². The Morgan fingerprint density at radius 3 is 2.60 bits per heavy atom. The zero-order valence-electron chi connectivity index (χ0n) is 9.37. The van der Waals surface area contributed by atoms with Gasteiger partial charge in [-0.15, -0.1) is 0 Å². The molecule has 4 heteroatoms.